The molecule has 0 aromatic heterocycles. The number of likely N-dealkylation sites (N-methyl/N-ethyl adjacent to an activating group) is 1. The molecule has 1 aromatic rings. The van der Waals surface area contributed by atoms with E-state index in [1.165, 1.54) is 0 Å². The highest BCUT2D eigenvalue weighted by molar-refractivity contribution is 5.76. The van der Waals surface area contributed by atoms with Crippen LogP contribution in [0.25, 0.3) is 0 Å². The second-order valence-electron chi connectivity index (χ2n) is 18.9. The van der Waals surface area contributed by atoms with Gasteiger partial charge in [0.25, 0.3) is 0 Å². The fourth-order valence-corrected chi connectivity index (χ4v) is 9.60. The van der Waals surface area contributed by atoms with Crippen molar-refractivity contribution in [2.24, 2.45) is 17.8 Å². The molecule has 350 valence electrons. The van der Waals surface area contributed by atoms with E-state index in [0.29, 0.717) is 45.4 Å². The smallest absolute Gasteiger partial charge is 0.223 e. The van der Waals surface area contributed by atoms with Gasteiger partial charge in [-0.15, -0.1) is 0 Å². The lowest BCUT2D eigenvalue weighted by Crippen LogP contribution is -2.61. The number of benzene rings is 1. The number of amides is 2. The van der Waals surface area contributed by atoms with Crippen LogP contribution in [0.1, 0.15) is 99.5 Å². The molecule has 4 rings (SSSR count). The van der Waals surface area contributed by atoms with Crippen molar-refractivity contribution in [2.45, 2.75) is 179 Å². The van der Waals surface area contributed by atoms with Crippen LogP contribution in [0.2, 0.25) is 0 Å². The van der Waals surface area contributed by atoms with Gasteiger partial charge in [-0.1, -0.05) is 58.0 Å². The number of nitrogens with one attached hydrogen (secondary N) is 2. The molecule has 0 radical (unpaired) electrons. The zero-order valence-corrected chi connectivity index (χ0v) is 39.0. The Labute approximate surface area is 365 Å². The SMILES string of the molecule is CCC(=O)NCCCO[C@H]1[C@H](O[C@@H]2[C@@H](C)[C@H](O[C@H]3C[C@@](C)(OC)[C@@H](O)[C@H](C)O3)C(C)C(O)N[C@@H](Cc3ccccc3)CC(=O)N(C)C[C@H](C)C[C@@]2(C)O)O[C@H](C)C[C@@H]1N(C)C. The van der Waals surface area contributed by atoms with E-state index in [4.69, 9.17) is 28.4 Å². The van der Waals surface area contributed by atoms with Crippen LogP contribution in [0.5, 0.6) is 0 Å². The third-order valence-electron chi connectivity index (χ3n) is 13.1. The molecule has 3 fully saturated rings. The van der Waals surface area contributed by atoms with Crippen molar-refractivity contribution in [1.29, 1.82) is 0 Å². The van der Waals surface area contributed by atoms with Crippen molar-refractivity contribution >= 4 is 11.8 Å². The van der Waals surface area contributed by atoms with Gasteiger partial charge in [0, 0.05) is 77.0 Å². The van der Waals surface area contributed by atoms with E-state index in [2.05, 4.69) is 15.5 Å². The Balaban J connectivity index is 1.78. The molecule has 0 bridgehead atoms. The molecule has 0 spiro atoms. The van der Waals surface area contributed by atoms with Crippen molar-refractivity contribution in [3.8, 4) is 0 Å². The summed E-state index contributed by atoms with van der Waals surface area (Å²) in [5.74, 6) is -1.50. The van der Waals surface area contributed by atoms with Gasteiger partial charge in [0.2, 0.25) is 11.8 Å². The third kappa shape index (κ3) is 14.1. The summed E-state index contributed by atoms with van der Waals surface area (Å²) in [7, 11) is 7.33. The van der Waals surface area contributed by atoms with E-state index in [1.54, 1.807) is 32.9 Å². The summed E-state index contributed by atoms with van der Waals surface area (Å²) in [6, 6.07) is 9.38. The lowest BCUT2D eigenvalue weighted by atomic mass is 9.77. The number of ether oxygens (including phenoxy) is 6. The Bertz CT molecular complexity index is 1490. The fraction of sp³-hybridized carbons (Fsp3) is 0.826. The Morgan fingerprint density at radius 3 is 2.34 bits per heavy atom. The van der Waals surface area contributed by atoms with E-state index in [0.717, 1.165) is 5.56 Å². The van der Waals surface area contributed by atoms with Crippen molar-refractivity contribution in [3.63, 3.8) is 0 Å². The maximum atomic E-state index is 13.8. The quantitative estimate of drug-likeness (QED) is 0.172. The number of hydrogen-bond donors (Lipinski definition) is 5. The highest BCUT2D eigenvalue weighted by Gasteiger charge is 2.51. The minimum Gasteiger partial charge on any atom is -0.387 e. The average molecular weight is 865 g/mol. The summed E-state index contributed by atoms with van der Waals surface area (Å²) in [4.78, 5) is 29.6. The molecule has 2 amide bonds. The van der Waals surface area contributed by atoms with E-state index in [-0.39, 0.29) is 49.1 Å². The van der Waals surface area contributed by atoms with Gasteiger partial charge in [0.1, 0.15) is 18.4 Å². The van der Waals surface area contributed by atoms with Crippen molar-refractivity contribution in [3.05, 3.63) is 35.9 Å². The summed E-state index contributed by atoms with van der Waals surface area (Å²) in [5.41, 5.74) is -1.46. The zero-order chi connectivity index (χ0) is 45.2. The molecule has 2 unspecified atom stereocenters. The molecule has 0 aliphatic carbocycles. The molecular formula is C46H80N4O11. The standard InChI is InChI=1S/C46H80N4O11/c1-13-36(51)47-20-17-21-57-40-35(49(9)10)22-29(3)58-44(40)61-42-30(4)39(60-38-26-46(8,56-12)41(53)32(6)59-38)31(5)43(54)48-34(23-33-18-15-14-16-19-33)24-37(52)50(11)27-28(2)25-45(42,7)55/h14-16,18-19,28-32,34-35,38-44,48,53-55H,13,17,20-27H2,1-12H3,(H,47,51)/t28-,29-,30+,31?,32+,34+,35+,38+,39+,40-,41+,42-,43?,44+,45-,46-/m1/s1. The van der Waals surface area contributed by atoms with Gasteiger partial charge >= 0.3 is 0 Å². The average Bonchev–Trinajstić information content (AvgIpc) is 3.20. The van der Waals surface area contributed by atoms with E-state index in [9.17, 15) is 24.9 Å². The minimum atomic E-state index is -1.51. The van der Waals surface area contributed by atoms with Crippen LogP contribution in [0.15, 0.2) is 30.3 Å². The topological polar surface area (TPSA) is 181 Å². The lowest BCUT2D eigenvalue weighted by molar-refractivity contribution is -0.323. The number of methoxy groups -OCH3 is 1. The van der Waals surface area contributed by atoms with E-state index < -0.39 is 78.4 Å². The second-order valence-corrected chi connectivity index (χ2v) is 18.9. The maximum Gasteiger partial charge on any atom is 0.223 e. The van der Waals surface area contributed by atoms with Crippen molar-refractivity contribution < 1.29 is 53.3 Å². The Morgan fingerprint density at radius 2 is 1.70 bits per heavy atom. The van der Waals surface area contributed by atoms with Crippen LogP contribution in [0.3, 0.4) is 0 Å². The first-order chi connectivity index (χ1) is 28.7. The van der Waals surface area contributed by atoms with Gasteiger partial charge in [0.05, 0.1) is 35.6 Å². The van der Waals surface area contributed by atoms with Crippen LogP contribution in [-0.4, -0.2) is 164 Å². The van der Waals surface area contributed by atoms with Crippen LogP contribution >= 0.6 is 0 Å². The van der Waals surface area contributed by atoms with Gasteiger partial charge in [-0.25, -0.2) is 0 Å². The first-order valence-corrected chi connectivity index (χ1v) is 22.5. The number of aliphatic hydroxyl groups is 3. The molecule has 3 aliphatic rings. The minimum absolute atomic E-state index is 0.0221. The summed E-state index contributed by atoms with van der Waals surface area (Å²) < 4.78 is 39.4. The normalized spacial score (nSPS) is 39.8. The number of nitrogens with zero attached hydrogens (tertiary/aromatic N) is 2. The molecule has 1 aromatic carbocycles. The highest BCUT2D eigenvalue weighted by Crippen LogP contribution is 2.40. The van der Waals surface area contributed by atoms with Crippen molar-refractivity contribution in [2.75, 3.05) is 47.9 Å². The highest BCUT2D eigenvalue weighted by atomic mass is 16.7. The second kappa shape index (κ2) is 23.1. The van der Waals surface area contributed by atoms with Crippen LogP contribution in [0, 0.1) is 17.8 Å². The summed E-state index contributed by atoms with van der Waals surface area (Å²) >= 11 is 0. The zero-order valence-electron chi connectivity index (χ0n) is 39.0. The molecular weight excluding hydrogens is 785 g/mol. The summed E-state index contributed by atoms with van der Waals surface area (Å²) in [6.45, 7) is 16.2. The van der Waals surface area contributed by atoms with Gasteiger partial charge in [0.15, 0.2) is 12.6 Å². The molecule has 16 atom stereocenters. The van der Waals surface area contributed by atoms with Crippen LogP contribution in [-0.2, 0) is 44.4 Å². The van der Waals surface area contributed by atoms with Crippen molar-refractivity contribution in [1.82, 2.24) is 20.4 Å². The first kappa shape index (κ1) is 51.4. The van der Waals surface area contributed by atoms with E-state index in [1.807, 2.05) is 86.0 Å². The molecule has 61 heavy (non-hydrogen) atoms. The third-order valence-corrected chi connectivity index (χ3v) is 13.1. The predicted octanol–water partition coefficient (Wildman–Crippen LogP) is 3.46. The molecule has 3 aliphatic heterocycles. The number of aliphatic hydroxyl groups excluding tert-OH is 2. The van der Waals surface area contributed by atoms with Crippen LogP contribution < -0.4 is 10.6 Å². The lowest BCUT2D eigenvalue weighted by Gasteiger charge is -2.50. The maximum absolute atomic E-state index is 13.8. The molecule has 0 saturated carbocycles. The number of rotatable bonds is 14. The number of hydrogen-bond acceptors (Lipinski definition) is 13. The van der Waals surface area contributed by atoms with Gasteiger partial charge in [-0.05, 0) is 79.0 Å². The number of carbonyl (C=O) groups is 2. The summed E-state index contributed by atoms with van der Waals surface area (Å²) in [6.07, 6.45) is -4.19. The summed E-state index contributed by atoms with van der Waals surface area (Å²) in [5, 5.41) is 42.4. The molecule has 15 heteroatoms. The Hall–Kier alpha value is -2.28. The fourth-order valence-electron chi connectivity index (χ4n) is 9.60. The molecule has 5 N–H and O–H groups in total. The molecule has 15 nitrogen and oxygen atoms in total. The van der Waals surface area contributed by atoms with Gasteiger partial charge in [-0.3, -0.25) is 14.9 Å². The molecule has 3 saturated heterocycles. The first-order valence-electron chi connectivity index (χ1n) is 22.5. The Kier molecular flexibility index (Phi) is 19.4. The Morgan fingerprint density at radius 1 is 1.02 bits per heavy atom. The van der Waals surface area contributed by atoms with Gasteiger partial charge < -0.3 is 58.9 Å². The predicted molar refractivity (Wildman–Crippen MR) is 232 cm³/mol. The van der Waals surface area contributed by atoms with Crippen LogP contribution in [0.4, 0.5) is 0 Å². The van der Waals surface area contributed by atoms with E-state index >= 15 is 0 Å². The largest absolute Gasteiger partial charge is 0.387 e. The monoisotopic (exact) mass is 865 g/mol. The number of carbonyl (C=O) groups excluding carboxylic acids is 2. The molecule has 3 heterocycles. The van der Waals surface area contributed by atoms with Gasteiger partial charge in [-0.2, -0.15) is 0 Å².